The van der Waals surface area contributed by atoms with Crippen LogP contribution in [0.1, 0.15) is 11.4 Å². The van der Waals surface area contributed by atoms with Crippen molar-refractivity contribution in [3.05, 3.63) is 70.3 Å². The predicted octanol–water partition coefficient (Wildman–Crippen LogP) is 2.28. The van der Waals surface area contributed by atoms with Crippen LogP contribution in [-0.4, -0.2) is 31.4 Å². The van der Waals surface area contributed by atoms with Crippen LogP contribution in [0.15, 0.2) is 58.5 Å². The molecule has 0 unspecified atom stereocenters. The van der Waals surface area contributed by atoms with Gasteiger partial charge in [0, 0.05) is 17.5 Å². The topological polar surface area (TPSA) is 100 Å². The molecule has 0 spiro atoms. The number of aryl methyl sites for hydroxylation is 1. The lowest BCUT2D eigenvalue weighted by molar-refractivity contribution is 0.416. The Morgan fingerprint density at radius 2 is 1.96 bits per heavy atom. The zero-order chi connectivity index (χ0) is 19.7. The van der Waals surface area contributed by atoms with Crippen molar-refractivity contribution in [1.29, 1.82) is 0 Å². The van der Waals surface area contributed by atoms with Gasteiger partial charge < -0.3 is 10.6 Å². The minimum atomic E-state index is -0.109. The summed E-state index contributed by atoms with van der Waals surface area (Å²) in [5, 5.41) is 8.87. The van der Waals surface area contributed by atoms with Gasteiger partial charge in [0.25, 0.3) is 5.56 Å². The number of hydrogen-bond donors (Lipinski definition) is 1. The van der Waals surface area contributed by atoms with Crippen LogP contribution in [0.3, 0.4) is 0 Å². The molecule has 1 aromatic carbocycles. The van der Waals surface area contributed by atoms with Crippen molar-refractivity contribution in [1.82, 2.24) is 24.3 Å². The van der Waals surface area contributed by atoms with Gasteiger partial charge in [0.2, 0.25) is 5.16 Å². The van der Waals surface area contributed by atoms with E-state index < -0.39 is 0 Å². The first kappa shape index (κ1) is 18.1. The number of hydrogen-bond acceptors (Lipinski definition) is 7. The van der Waals surface area contributed by atoms with Crippen molar-refractivity contribution >= 4 is 17.4 Å². The molecule has 2 N–H and O–H groups in total. The number of ether oxygens (including phenoxy) is 1. The summed E-state index contributed by atoms with van der Waals surface area (Å²) in [6.07, 6.45) is 0. The number of aromatic nitrogens is 5. The first-order chi connectivity index (χ1) is 13.6. The Balaban J connectivity index is 1.61. The highest BCUT2D eigenvalue weighted by molar-refractivity contribution is 7.98. The average Bonchev–Trinajstić information content (AvgIpc) is 3.06. The molecule has 9 heteroatoms. The van der Waals surface area contributed by atoms with E-state index in [1.165, 1.54) is 22.5 Å². The SMILES string of the molecule is COc1ccccc1-c1nnc(SCc2cc(=O)n3c(C)cccc3n2)n1N. The number of nitrogens with zero attached hydrogens (tertiary/aromatic N) is 5. The van der Waals surface area contributed by atoms with E-state index in [1.54, 1.807) is 11.5 Å². The summed E-state index contributed by atoms with van der Waals surface area (Å²) in [4.78, 5) is 17.0. The smallest absolute Gasteiger partial charge is 0.258 e. The Bertz CT molecular complexity index is 1220. The molecule has 0 fully saturated rings. The normalized spacial score (nSPS) is 11.1. The molecule has 3 heterocycles. The lowest BCUT2D eigenvalue weighted by atomic mass is 10.2. The number of nitrogens with two attached hydrogens (primary N) is 1. The van der Waals surface area contributed by atoms with Gasteiger partial charge in [-0.1, -0.05) is 30.0 Å². The van der Waals surface area contributed by atoms with Gasteiger partial charge in [0.05, 0.1) is 18.4 Å². The number of pyridine rings is 1. The van der Waals surface area contributed by atoms with Crippen LogP contribution in [-0.2, 0) is 5.75 Å². The molecule has 3 aromatic heterocycles. The number of para-hydroxylation sites is 1. The molecular formula is C19H18N6O2S. The van der Waals surface area contributed by atoms with Gasteiger partial charge in [-0.3, -0.25) is 9.20 Å². The van der Waals surface area contributed by atoms with Crippen molar-refractivity contribution in [2.24, 2.45) is 0 Å². The Labute approximate surface area is 165 Å². The molecule has 0 radical (unpaired) electrons. The summed E-state index contributed by atoms with van der Waals surface area (Å²) in [5.74, 6) is 7.80. The van der Waals surface area contributed by atoms with Crippen LogP contribution in [0.2, 0.25) is 0 Å². The van der Waals surface area contributed by atoms with E-state index in [0.29, 0.717) is 33.8 Å². The largest absolute Gasteiger partial charge is 0.496 e. The molecule has 4 aromatic rings. The fourth-order valence-electron chi connectivity index (χ4n) is 2.96. The Morgan fingerprint density at radius 3 is 2.79 bits per heavy atom. The van der Waals surface area contributed by atoms with E-state index in [1.807, 2.05) is 49.4 Å². The molecule has 0 atom stereocenters. The first-order valence-corrected chi connectivity index (χ1v) is 9.52. The maximum absolute atomic E-state index is 12.4. The van der Waals surface area contributed by atoms with Crippen LogP contribution in [0, 0.1) is 6.92 Å². The Hall–Kier alpha value is -3.33. The zero-order valence-electron chi connectivity index (χ0n) is 15.4. The molecule has 0 saturated carbocycles. The molecule has 0 aliphatic heterocycles. The summed E-state index contributed by atoms with van der Waals surface area (Å²) >= 11 is 1.36. The molecule has 28 heavy (non-hydrogen) atoms. The summed E-state index contributed by atoms with van der Waals surface area (Å²) < 4.78 is 8.37. The molecule has 142 valence electrons. The number of methoxy groups -OCH3 is 1. The highest BCUT2D eigenvalue weighted by Crippen LogP contribution is 2.29. The van der Waals surface area contributed by atoms with Crippen molar-refractivity contribution in [2.75, 3.05) is 13.0 Å². The maximum Gasteiger partial charge on any atom is 0.258 e. The van der Waals surface area contributed by atoms with E-state index in [-0.39, 0.29) is 5.56 Å². The lowest BCUT2D eigenvalue weighted by Gasteiger charge is -2.08. The number of rotatable bonds is 5. The molecule has 4 rings (SSSR count). The molecule has 0 saturated heterocycles. The number of fused-ring (bicyclic) bond motifs is 1. The number of nitrogen functional groups attached to an aromatic ring is 1. The third-order valence-corrected chi connectivity index (χ3v) is 5.27. The fraction of sp³-hybridized carbons (Fsp3) is 0.158. The van der Waals surface area contributed by atoms with Gasteiger partial charge in [-0.2, -0.15) is 0 Å². The second-order valence-corrected chi connectivity index (χ2v) is 7.05. The molecular weight excluding hydrogens is 376 g/mol. The van der Waals surface area contributed by atoms with Crippen LogP contribution in [0.25, 0.3) is 17.0 Å². The lowest BCUT2D eigenvalue weighted by Crippen LogP contribution is -2.17. The first-order valence-electron chi connectivity index (χ1n) is 8.53. The Morgan fingerprint density at radius 1 is 1.14 bits per heavy atom. The van der Waals surface area contributed by atoms with Gasteiger partial charge in [-0.15, -0.1) is 10.2 Å². The Kier molecular flexibility index (Phi) is 4.74. The quantitative estimate of drug-likeness (QED) is 0.409. The van der Waals surface area contributed by atoms with Crippen molar-refractivity contribution < 1.29 is 4.74 Å². The minimum absolute atomic E-state index is 0.109. The summed E-state index contributed by atoms with van der Waals surface area (Å²) in [7, 11) is 1.59. The fourth-order valence-corrected chi connectivity index (χ4v) is 3.71. The molecule has 0 amide bonds. The highest BCUT2D eigenvalue weighted by Gasteiger charge is 2.16. The second-order valence-electron chi connectivity index (χ2n) is 6.11. The van der Waals surface area contributed by atoms with Gasteiger partial charge in [0.15, 0.2) is 5.82 Å². The van der Waals surface area contributed by atoms with E-state index >= 15 is 0 Å². The van der Waals surface area contributed by atoms with Crippen molar-refractivity contribution in [3.63, 3.8) is 0 Å². The summed E-state index contributed by atoms with van der Waals surface area (Å²) in [6.45, 7) is 1.88. The molecule has 0 aliphatic carbocycles. The molecule has 0 aliphatic rings. The molecule has 8 nitrogen and oxygen atoms in total. The highest BCUT2D eigenvalue weighted by atomic mass is 32.2. The maximum atomic E-state index is 12.4. The molecule has 0 bridgehead atoms. The van der Waals surface area contributed by atoms with Crippen LogP contribution >= 0.6 is 11.8 Å². The monoisotopic (exact) mass is 394 g/mol. The van der Waals surface area contributed by atoms with Crippen LogP contribution < -0.4 is 16.1 Å². The standard InChI is InChI=1S/C19H18N6O2S/c1-12-6-5-9-16-21-13(10-17(26)24(12)16)11-28-19-23-22-18(25(19)20)14-7-3-4-8-15(14)27-2/h3-10H,11,20H2,1-2H3. The van der Waals surface area contributed by atoms with Gasteiger partial charge >= 0.3 is 0 Å². The van der Waals surface area contributed by atoms with Gasteiger partial charge in [0.1, 0.15) is 11.4 Å². The summed E-state index contributed by atoms with van der Waals surface area (Å²) in [5.41, 5.74) is 2.76. The summed E-state index contributed by atoms with van der Waals surface area (Å²) in [6, 6.07) is 14.6. The van der Waals surface area contributed by atoms with E-state index in [9.17, 15) is 4.79 Å². The van der Waals surface area contributed by atoms with E-state index in [2.05, 4.69) is 15.2 Å². The third-order valence-electron chi connectivity index (χ3n) is 4.29. The number of thioether (sulfide) groups is 1. The number of benzene rings is 1. The van der Waals surface area contributed by atoms with E-state index in [4.69, 9.17) is 10.6 Å². The van der Waals surface area contributed by atoms with E-state index in [0.717, 1.165) is 11.3 Å². The van der Waals surface area contributed by atoms with Gasteiger partial charge in [-0.05, 0) is 31.2 Å². The predicted molar refractivity (Wildman–Crippen MR) is 108 cm³/mol. The third kappa shape index (κ3) is 3.20. The zero-order valence-corrected chi connectivity index (χ0v) is 16.2. The van der Waals surface area contributed by atoms with Crippen molar-refractivity contribution in [3.8, 4) is 17.1 Å². The van der Waals surface area contributed by atoms with Gasteiger partial charge in [-0.25, -0.2) is 9.66 Å². The minimum Gasteiger partial charge on any atom is -0.496 e. The average molecular weight is 394 g/mol. The van der Waals surface area contributed by atoms with Crippen LogP contribution in [0.5, 0.6) is 5.75 Å². The second kappa shape index (κ2) is 7.35. The van der Waals surface area contributed by atoms with Crippen molar-refractivity contribution in [2.45, 2.75) is 17.8 Å². The van der Waals surface area contributed by atoms with Crippen LogP contribution in [0.4, 0.5) is 0 Å².